The summed E-state index contributed by atoms with van der Waals surface area (Å²) in [6.45, 7) is 2.37. The Balaban J connectivity index is 1.80. The van der Waals surface area contributed by atoms with Crippen LogP contribution in [0.4, 0.5) is 5.69 Å². The molecule has 6 heteroatoms. The number of amides is 1. The lowest BCUT2D eigenvalue weighted by molar-refractivity contribution is -0.118. The van der Waals surface area contributed by atoms with Crippen LogP contribution in [0.15, 0.2) is 72.8 Å². The molecule has 0 spiro atoms. The predicted molar refractivity (Wildman–Crippen MR) is 120 cm³/mol. The molecule has 0 aliphatic heterocycles. The third kappa shape index (κ3) is 5.71. The van der Waals surface area contributed by atoms with E-state index in [0.717, 1.165) is 22.4 Å². The van der Waals surface area contributed by atoms with Gasteiger partial charge in [-0.1, -0.05) is 54.1 Å². The van der Waals surface area contributed by atoms with E-state index in [1.54, 1.807) is 12.1 Å². The maximum atomic E-state index is 13.1. The largest absolute Gasteiger partial charge is 0.496 e. The number of nitrogens with one attached hydrogen (secondary N) is 2. The van der Waals surface area contributed by atoms with E-state index in [-0.39, 0.29) is 5.91 Å². The highest BCUT2D eigenvalue weighted by molar-refractivity contribution is 5.95. The number of hydrogen-bond donors (Lipinski definition) is 2. The minimum atomic E-state index is -0.578. The Morgan fingerprint density at radius 2 is 1.65 bits per heavy atom. The fourth-order valence-corrected chi connectivity index (χ4v) is 3.21. The third-order valence-corrected chi connectivity index (χ3v) is 4.89. The van der Waals surface area contributed by atoms with Gasteiger partial charge < -0.3 is 14.8 Å². The third-order valence-electron chi connectivity index (χ3n) is 4.89. The second-order valence-corrected chi connectivity index (χ2v) is 7.11. The minimum Gasteiger partial charge on any atom is -0.496 e. The van der Waals surface area contributed by atoms with Crippen molar-refractivity contribution in [3.05, 3.63) is 95.1 Å². The summed E-state index contributed by atoms with van der Waals surface area (Å²) in [5, 5.41) is 6.27. The molecule has 0 saturated carbocycles. The van der Waals surface area contributed by atoms with Crippen LogP contribution in [0, 0.1) is 6.92 Å². The van der Waals surface area contributed by atoms with Crippen LogP contribution in [0.1, 0.15) is 33.1 Å². The Hall–Kier alpha value is -3.64. The molecule has 0 aromatic heterocycles. The zero-order valence-corrected chi connectivity index (χ0v) is 17.8. The second kappa shape index (κ2) is 10.4. The van der Waals surface area contributed by atoms with Gasteiger partial charge in [0, 0.05) is 12.2 Å². The molecule has 0 aliphatic carbocycles. The van der Waals surface area contributed by atoms with E-state index in [1.165, 1.54) is 14.2 Å². The second-order valence-electron chi connectivity index (χ2n) is 7.11. The molecule has 0 bridgehead atoms. The molecule has 1 atom stereocenters. The summed E-state index contributed by atoms with van der Waals surface area (Å²) < 4.78 is 10.1. The van der Waals surface area contributed by atoms with Crippen molar-refractivity contribution in [2.75, 3.05) is 19.5 Å². The summed E-state index contributed by atoms with van der Waals surface area (Å²) in [6, 6.07) is 21.8. The number of methoxy groups -OCH3 is 2. The lowest BCUT2D eigenvalue weighted by atomic mass is 10.0. The summed E-state index contributed by atoms with van der Waals surface area (Å²) >= 11 is 0. The average molecular weight is 418 g/mol. The number of carbonyl (C=O) groups excluding carboxylic acids is 2. The van der Waals surface area contributed by atoms with E-state index in [4.69, 9.17) is 9.47 Å². The van der Waals surface area contributed by atoms with Crippen LogP contribution in [-0.4, -0.2) is 26.1 Å². The first-order valence-corrected chi connectivity index (χ1v) is 9.93. The topological polar surface area (TPSA) is 76.7 Å². The van der Waals surface area contributed by atoms with Gasteiger partial charge in [-0.05, 0) is 42.3 Å². The van der Waals surface area contributed by atoms with Crippen LogP contribution in [0.25, 0.3) is 0 Å². The molecule has 160 valence electrons. The highest BCUT2D eigenvalue weighted by atomic mass is 16.5. The number of aryl methyl sites for hydroxylation is 1. The summed E-state index contributed by atoms with van der Waals surface area (Å²) in [6.07, 6.45) is 0. The van der Waals surface area contributed by atoms with Crippen LogP contribution in [0.5, 0.6) is 5.75 Å². The first-order valence-electron chi connectivity index (χ1n) is 9.93. The summed E-state index contributed by atoms with van der Waals surface area (Å²) in [4.78, 5) is 25.1. The van der Waals surface area contributed by atoms with Gasteiger partial charge in [-0.25, -0.2) is 4.79 Å². The predicted octanol–water partition coefficient (Wildman–Crippen LogP) is 4.26. The number of rotatable bonds is 8. The molecular weight excluding hydrogens is 392 g/mol. The van der Waals surface area contributed by atoms with Gasteiger partial charge in [0.15, 0.2) is 0 Å². The minimum absolute atomic E-state index is 0.170. The van der Waals surface area contributed by atoms with Gasteiger partial charge in [-0.15, -0.1) is 0 Å². The first kappa shape index (κ1) is 22.1. The summed E-state index contributed by atoms with van der Waals surface area (Å²) in [7, 11) is 2.83. The van der Waals surface area contributed by atoms with Crippen LogP contribution in [-0.2, 0) is 16.1 Å². The fourth-order valence-electron chi connectivity index (χ4n) is 3.21. The van der Waals surface area contributed by atoms with Gasteiger partial charge in [0.05, 0.1) is 14.2 Å². The number of benzene rings is 3. The lowest BCUT2D eigenvalue weighted by Gasteiger charge is -2.19. The average Bonchev–Trinajstić information content (AvgIpc) is 2.80. The smallest absolute Gasteiger partial charge is 0.341 e. The van der Waals surface area contributed by atoms with Gasteiger partial charge in [0.1, 0.15) is 17.4 Å². The number of ether oxygens (including phenoxy) is 2. The molecule has 2 N–H and O–H groups in total. The molecule has 1 amide bonds. The Bertz CT molecular complexity index is 1030. The Morgan fingerprint density at radius 1 is 0.935 bits per heavy atom. The summed E-state index contributed by atoms with van der Waals surface area (Å²) in [5.41, 5.74) is 3.86. The van der Waals surface area contributed by atoms with Crippen molar-refractivity contribution in [1.82, 2.24) is 5.32 Å². The monoisotopic (exact) mass is 418 g/mol. The Kier molecular flexibility index (Phi) is 7.40. The van der Waals surface area contributed by atoms with E-state index in [0.29, 0.717) is 17.9 Å². The van der Waals surface area contributed by atoms with Gasteiger partial charge in [0.25, 0.3) is 0 Å². The first-order chi connectivity index (χ1) is 15.0. The van der Waals surface area contributed by atoms with Crippen LogP contribution in [0.2, 0.25) is 0 Å². The molecule has 0 radical (unpaired) electrons. The Labute approximate surface area is 182 Å². The quantitative estimate of drug-likeness (QED) is 0.535. The number of carbonyl (C=O) groups is 2. The van der Waals surface area contributed by atoms with E-state index >= 15 is 0 Å². The lowest BCUT2D eigenvalue weighted by Crippen LogP contribution is -2.32. The maximum Gasteiger partial charge on any atom is 0.341 e. The molecule has 6 nitrogen and oxygen atoms in total. The van der Waals surface area contributed by atoms with Crippen molar-refractivity contribution in [2.45, 2.75) is 19.5 Å². The van der Waals surface area contributed by atoms with Crippen molar-refractivity contribution in [2.24, 2.45) is 0 Å². The molecule has 3 aromatic rings. The van der Waals surface area contributed by atoms with Crippen LogP contribution in [0.3, 0.4) is 0 Å². The van der Waals surface area contributed by atoms with Crippen LogP contribution < -0.4 is 15.4 Å². The van der Waals surface area contributed by atoms with E-state index < -0.39 is 12.0 Å². The van der Waals surface area contributed by atoms with Gasteiger partial charge in [-0.2, -0.15) is 0 Å². The van der Waals surface area contributed by atoms with Crippen molar-refractivity contribution in [1.29, 1.82) is 0 Å². The molecule has 0 unspecified atom stereocenters. The molecule has 31 heavy (non-hydrogen) atoms. The molecule has 0 fully saturated rings. The van der Waals surface area contributed by atoms with Gasteiger partial charge in [-0.3, -0.25) is 10.1 Å². The SMILES string of the molecule is COC(=O)c1cc(CN[C@@H](C(=O)Nc2ccc(C)cc2)c2ccccc2)ccc1OC. The fraction of sp³-hybridized carbons (Fsp3) is 0.200. The van der Waals surface area contributed by atoms with E-state index in [9.17, 15) is 9.59 Å². The van der Waals surface area contributed by atoms with Gasteiger partial charge >= 0.3 is 5.97 Å². The highest BCUT2D eigenvalue weighted by Gasteiger charge is 2.21. The molecular formula is C25H26N2O4. The number of anilines is 1. The normalized spacial score (nSPS) is 11.5. The molecule has 0 saturated heterocycles. The zero-order valence-electron chi connectivity index (χ0n) is 17.8. The van der Waals surface area contributed by atoms with E-state index in [1.807, 2.05) is 67.6 Å². The molecule has 0 heterocycles. The van der Waals surface area contributed by atoms with Gasteiger partial charge in [0.2, 0.25) is 5.91 Å². The maximum absolute atomic E-state index is 13.1. The van der Waals surface area contributed by atoms with E-state index in [2.05, 4.69) is 10.6 Å². The molecule has 3 aromatic carbocycles. The number of hydrogen-bond acceptors (Lipinski definition) is 5. The summed E-state index contributed by atoms with van der Waals surface area (Å²) in [5.74, 6) is -0.209. The molecule has 0 aliphatic rings. The Morgan fingerprint density at radius 3 is 2.29 bits per heavy atom. The highest BCUT2D eigenvalue weighted by Crippen LogP contribution is 2.22. The molecule has 3 rings (SSSR count). The van der Waals surface area contributed by atoms with Crippen molar-refractivity contribution >= 4 is 17.6 Å². The van der Waals surface area contributed by atoms with Crippen molar-refractivity contribution in [3.63, 3.8) is 0 Å². The number of esters is 1. The standard InChI is InChI=1S/C25H26N2O4/c1-17-9-12-20(13-10-17)27-24(28)23(19-7-5-4-6-8-19)26-16-18-11-14-22(30-2)21(15-18)25(29)31-3/h4-15,23,26H,16H2,1-3H3,(H,27,28)/t23-/m1/s1. The van der Waals surface area contributed by atoms with Crippen LogP contribution >= 0.6 is 0 Å². The van der Waals surface area contributed by atoms with Crippen molar-refractivity contribution < 1.29 is 19.1 Å². The van der Waals surface area contributed by atoms with Crippen molar-refractivity contribution in [3.8, 4) is 5.75 Å². The zero-order chi connectivity index (χ0) is 22.2.